The van der Waals surface area contributed by atoms with E-state index in [-0.39, 0.29) is 29.6 Å². The summed E-state index contributed by atoms with van der Waals surface area (Å²) in [5.41, 5.74) is 2.66. The number of likely N-dealkylation sites (tertiary alicyclic amines) is 1. The molecule has 0 radical (unpaired) electrons. The van der Waals surface area contributed by atoms with Crippen LogP contribution in [0, 0.1) is 12.7 Å². The van der Waals surface area contributed by atoms with Gasteiger partial charge in [0, 0.05) is 45.3 Å². The minimum Gasteiger partial charge on any atom is -0.348 e. The van der Waals surface area contributed by atoms with Crippen LogP contribution < -0.4 is 0 Å². The zero-order valence-electron chi connectivity index (χ0n) is 20.3. The summed E-state index contributed by atoms with van der Waals surface area (Å²) in [6, 6.07) is 12.8. The molecule has 4 rings (SSSR count). The van der Waals surface area contributed by atoms with E-state index in [9.17, 15) is 14.0 Å². The predicted molar refractivity (Wildman–Crippen MR) is 128 cm³/mol. The van der Waals surface area contributed by atoms with Gasteiger partial charge in [0.1, 0.15) is 5.82 Å². The van der Waals surface area contributed by atoms with Crippen molar-refractivity contribution in [2.45, 2.75) is 57.7 Å². The molecule has 0 bridgehead atoms. The monoisotopic (exact) mass is 451 g/mol. The summed E-state index contributed by atoms with van der Waals surface area (Å²) in [6.45, 7) is 8.14. The second-order valence-corrected chi connectivity index (χ2v) is 9.99. The van der Waals surface area contributed by atoms with Crippen molar-refractivity contribution >= 4 is 11.8 Å². The zero-order chi connectivity index (χ0) is 23.9. The third kappa shape index (κ3) is 4.05. The number of carbonyl (C=O) groups is 2. The Balaban J connectivity index is 1.69. The predicted octanol–water partition coefficient (Wildman–Crippen LogP) is 4.20. The number of amides is 2. The van der Waals surface area contributed by atoms with E-state index in [1.54, 1.807) is 25.9 Å². The lowest BCUT2D eigenvalue weighted by Crippen LogP contribution is -2.66. The maximum Gasteiger partial charge on any atom is 0.254 e. The smallest absolute Gasteiger partial charge is 0.254 e. The molecule has 1 fully saturated rings. The third-order valence-electron chi connectivity index (χ3n) is 7.29. The highest BCUT2D eigenvalue weighted by molar-refractivity contribution is 6.02. The van der Waals surface area contributed by atoms with Crippen LogP contribution in [0.3, 0.4) is 0 Å². The molecule has 1 atom stereocenters. The first kappa shape index (κ1) is 23.4. The summed E-state index contributed by atoms with van der Waals surface area (Å²) in [5, 5.41) is 0. The second-order valence-electron chi connectivity index (χ2n) is 9.99. The Labute approximate surface area is 196 Å². The number of likely N-dealkylation sites (N-methyl/N-ethyl adjacent to an activating group) is 1. The molecule has 0 aliphatic carbocycles. The SMILES string of the molecule is Cc1cc(CN2CCC3(CC2)C(C(=O)N(C)C)c2ccccc2C(=O)N3C(C)C)ccc1F. The summed E-state index contributed by atoms with van der Waals surface area (Å²) in [4.78, 5) is 33.2. The van der Waals surface area contributed by atoms with Crippen LogP contribution in [-0.2, 0) is 11.3 Å². The minimum absolute atomic E-state index is 0.0189. The minimum atomic E-state index is -0.559. The Morgan fingerprint density at radius 1 is 1.15 bits per heavy atom. The van der Waals surface area contributed by atoms with Gasteiger partial charge in [0.05, 0.1) is 11.5 Å². The van der Waals surface area contributed by atoms with Gasteiger partial charge in [-0.05, 0) is 62.4 Å². The van der Waals surface area contributed by atoms with Crippen LogP contribution in [0.15, 0.2) is 42.5 Å². The highest BCUT2D eigenvalue weighted by atomic mass is 19.1. The number of benzene rings is 2. The van der Waals surface area contributed by atoms with Crippen molar-refractivity contribution < 1.29 is 14.0 Å². The van der Waals surface area contributed by atoms with Crippen molar-refractivity contribution in [1.29, 1.82) is 0 Å². The van der Waals surface area contributed by atoms with E-state index < -0.39 is 5.54 Å². The van der Waals surface area contributed by atoms with Crippen LogP contribution in [0.1, 0.15) is 59.7 Å². The first-order valence-electron chi connectivity index (χ1n) is 11.8. The van der Waals surface area contributed by atoms with Crippen LogP contribution in [-0.4, -0.2) is 65.3 Å². The van der Waals surface area contributed by atoms with E-state index in [0.29, 0.717) is 11.1 Å². The molecule has 176 valence electrons. The van der Waals surface area contributed by atoms with Gasteiger partial charge in [-0.25, -0.2) is 4.39 Å². The molecule has 2 heterocycles. The van der Waals surface area contributed by atoms with Gasteiger partial charge < -0.3 is 9.80 Å². The maximum absolute atomic E-state index is 13.7. The van der Waals surface area contributed by atoms with Gasteiger partial charge in [-0.3, -0.25) is 14.5 Å². The number of halogens is 1. The fourth-order valence-electron chi connectivity index (χ4n) is 5.77. The molecule has 2 aromatic rings. The molecule has 2 aliphatic rings. The Morgan fingerprint density at radius 3 is 2.42 bits per heavy atom. The van der Waals surface area contributed by atoms with Crippen LogP contribution >= 0.6 is 0 Å². The third-order valence-corrected chi connectivity index (χ3v) is 7.29. The number of rotatable bonds is 4. The molecule has 2 aromatic carbocycles. The number of piperidine rings is 1. The normalized spacial score (nSPS) is 20.3. The Hall–Kier alpha value is -2.73. The molecule has 5 nitrogen and oxygen atoms in total. The highest BCUT2D eigenvalue weighted by Gasteiger charge is 2.56. The van der Waals surface area contributed by atoms with E-state index in [0.717, 1.165) is 43.6 Å². The van der Waals surface area contributed by atoms with Crippen LogP contribution in [0.5, 0.6) is 0 Å². The van der Waals surface area contributed by atoms with E-state index >= 15 is 0 Å². The second kappa shape index (κ2) is 8.90. The van der Waals surface area contributed by atoms with Gasteiger partial charge in [-0.15, -0.1) is 0 Å². The molecule has 1 unspecified atom stereocenters. The molecule has 0 saturated carbocycles. The molecule has 0 N–H and O–H groups in total. The lowest BCUT2D eigenvalue weighted by atomic mass is 9.66. The number of hydrogen-bond acceptors (Lipinski definition) is 3. The van der Waals surface area contributed by atoms with Gasteiger partial charge in [0.25, 0.3) is 5.91 Å². The van der Waals surface area contributed by atoms with Crippen LogP contribution in [0.2, 0.25) is 0 Å². The number of hydrogen-bond donors (Lipinski definition) is 0. The largest absolute Gasteiger partial charge is 0.348 e. The molecule has 2 amide bonds. The molecular weight excluding hydrogens is 417 g/mol. The molecule has 0 aromatic heterocycles. The molecule has 2 aliphatic heterocycles. The summed E-state index contributed by atoms with van der Waals surface area (Å²) < 4.78 is 13.7. The first-order valence-corrected chi connectivity index (χ1v) is 11.8. The van der Waals surface area contributed by atoms with Gasteiger partial charge in [-0.1, -0.05) is 30.3 Å². The molecule has 1 saturated heterocycles. The van der Waals surface area contributed by atoms with E-state index in [1.807, 2.05) is 55.1 Å². The Bertz CT molecular complexity index is 1060. The molecule has 6 heteroatoms. The fourth-order valence-corrected chi connectivity index (χ4v) is 5.77. The van der Waals surface area contributed by atoms with Crippen molar-refractivity contribution in [2.24, 2.45) is 0 Å². The lowest BCUT2D eigenvalue weighted by molar-refractivity contribution is -0.136. The Morgan fingerprint density at radius 2 is 1.82 bits per heavy atom. The number of carbonyl (C=O) groups excluding carboxylic acids is 2. The number of nitrogens with zero attached hydrogens (tertiary/aromatic N) is 3. The fraction of sp³-hybridized carbons (Fsp3) is 0.481. The zero-order valence-corrected chi connectivity index (χ0v) is 20.3. The quantitative estimate of drug-likeness (QED) is 0.700. The summed E-state index contributed by atoms with van der Waals surface area (Å²) in [5.74, 6) is -0.512. The maximum atomic E-state index is 13.7. The van der Waals surface area contributed by atoms with Crippen molar-refractivity contribution in [3.8, 4) is 0 Å². The molecule has 33 heavy (non-hydrogen) atoms. The van der Waals surface area contributed by atoms with Gasteiger partial charge >= 0.3 is 0 Å². The van der Waals surface area contributed by atoms with Gasteiger partial charge in [0.15, 0.2) is 0 Å². The topological polar surface area (TPSA) is 43.9 Å². The van der Waals surface area contributed by atoms with Crippen molar-refractivity contribution in [2.75, 3.05) is 27.2 Å². The molecular formula is C27H34FN3O2. The van der Waals surface area contributed by atoms with Gasteiger partial charge in [-0.2, -0.15) is 0 Å². The average molecular weight is 452 g/mol. The van der Waals surface area contributed by atoms with E-state index in [4.69, 9.17) is 0 Å². The van der Waals surface area contributed by atoms with E-state index in [2.05, 4.69) is 4.90 Å². The van der Waals surface area contributed by atoms with Crippen LogP contribution in [0.25, 0.3) is 0 Å². The Kier molecular flexibility index (Phi) is 6.32. The molecule has 1 spiro atoms. The van der Waals surface area contributed by atoms with E-state index in [1.165, 1.54) is 6.07 Å². The first-order chi connectivity index (χ1) is 15.7. The summed E-state index contributed by atoms with van der Waals surface area (Å²) >= 11 is 0. The van der Waals surface area contributed by atoms with Crippen molar-refractivity contribution in [3.05, 3.63) is 70.5 Å². The summed E-state index contributed by atoms with van der Waals surface area (Å²) in [7, 11) is 3.58. The standard InChI is InChI=1S/C27H34FN3O2/c1-18(2)31-25(32)22-9-7-6-8-21(22)24(26(33)29(4)5)27(31)12-14-30(15-13-27)17-20-10-11-23(28)19(3)16-20/h6-11,16,18,24H,12-15,17H2,1-5H3. The highest BCUT2D eigenvalue weighted by Crippen LogP contribution is 2.48. The van der Waals surface area contributed by atoms with Crippen molar-refractivity contribution in [1.82, 2.24) is 14.7 Å². The lowest BCUT2D eigenvalue weighted by Gasteiger charge is -2.57. The van der Waals surface area contributed by atoms with Gasteiger partial charge in [0.2, 0.25) is 5.91 Å². The van der Waals surface area contributed by atoms with Crippen molar-refractivity contribution in [3.63, 3.8) is 0 Å². The number of aryl methyl sites for hydroxylation is 1. The average Bonchev–Trinajstić information content (AvgIpc) is 2.77. The van der Waals surface area contributed by atoms with Crippen LogP contribution in [0.4, 0.5) is 4.39 Å². The summed E-state index contributed by atoms with van der Waals surface area (Å²) in [6.07, 6.45) is 1.44. The number of fused-ring (bicyclic) bond motifs is 1.